The maximum Gasteiger partial charge on any atom is 0.165 e. The van der Waals surface area contributed by atoms with Crippen molar-refractivity contribution in [1.82, 2.24) is 25.1 Å². The molecule has 1 atom stereocenters. The van der Waals surface area contributed by atoms with Crippen LogP contribution in [0.15, 0.2) is 30.3 Å². The Morgan fingerprint density at radius 1 is 1.24 bits per heavy atom. The lowest BCUT2D eigenvalue weighted by atomic mass is 10.0. The van der Waals surface area contributed by atoms with Crippen LogP contribution in [0.5, 0.6) is 0 Å². The summed E-state index contributed by atoms with van der Waals surface area (Å²) >= 11 is 0. The average molecular weight is 285 g/mol. The molecule has 1 unspecified atom stereocenters. The number of benzene rings is 1. The van der Waals surface area contributed by atoms with E-state index in [-0.39, 0.29) is 0 Å². The van der Waals surface area contributed by atoms with Crippen molar-refractivity contribution in [1.29, 1.82) is 0 Å². The lowest BCUT2D eigenvalue weighted by Gasteiger charge is -2.23. The van der Waals surface area contributed by atoms with E-state index in [9.17, 15) is 0 Å². The minimum atomic E-state index is 0.610. The van der Waals surface area contributed by atoms with E-state index in [0.717, 1.165) is 38.3 Å². The maximum absolute atomic E-state index is 4.20. The number of hydrogen-bond donors (Lipinski definition) is 0. The summed E-state index contributed by atoms with van der Waals surface area (Å²) in [7, 11) is 0. The number of likely N-dealkylation sites (tertiary alicyclic amines) is 1. The van der Waals surface area contributed by atoms with Gasteiger partial charge >= 0.3 is 0 Å². The summed E-state index contributed by atoms with van der Waals surface area (Å²) in [6.45, 7) is 5.07. The van der Waals surface area contributed by atoms with Gasteiger partial charge in [0.2, 0.25) is 0 Å². The van der Waals surface area contributed by atoms with Crippen molar-refractivity contribution in [2.75, 3.05) is 6.54 Å². The molecule has 1 aliphatic heterocycles. The standard InChI is InChI=1S/C16H23N5/c1-2-10-21-16(17-18-19-21)13-20-11-6-9-15(20)12-14-7-4-3-5-8-14/h3-5,7-8,15H,2,6,9-13H2,1H3. The second kappa shape index (κ2) is 6.80. The molecule has 0 aliphatic carbocycles. The zero-order valence-electron chi connectivity index (χ0n) is 12.6. The van der Waals surface area contributed by atoms with Gasteiger partial charge in [0.05, 0.1) is 6.54 Å². The van der Waals surface area contributed by atoms with E-state index < -0.39 is 0 Å². The van der Waals surface area contributed by atoms with Crippen molar-refractivity contribution in [2.45, 2.75) is 51.7 Å². The number of aryl methyl sites for hydroxylation is 1. The van der Waals surface area contributed by atoms with Crippen LogP contribution in [0, 0.1) is 0 Å². The van der Waals surface area contributed by atoms with Crippen LogP contribution >= 0.6 is 0 Å². The monoisotopic (exact) mass is 285 g/mol. The summed E-state index contributed by atoms with van der Waals surface area (Å²) in [6, 6.07) is 11.4. The first-order chi connectivity index (χ1) is 10.4. The average Bonchev–Trinajstić information content (AvgIpc) is 3.12. The van der Waals surface area contributed by atoms with Crippen molar-refractivity contribution < 1.29 is 0 Å². The molecule has 0 radical (unpaired) electrons. The number of rotatable bonds is 6. The van der Waals surface area contributed by atoms with Crippen LogP contribution in [0.2, 0.25) is 0 Å². The van der Waals surface area contributed by atoms with Crippen molar-refractivity contribution in [3.05, 3.63) is 41.7 Å². The van der Waals surface area contributed by atoms with Gasteiger partial charge in [-0.1, -0.05) is 37.3 Å². The molecule has 1 aromatic heterocycles. The maximum atomic E-state index is 4.20. The highest BCUT2D eigenvalue weighted by atomic mass is 15.5. The summed E-state index contributed by atoms with van der Waals surface area (Å²) < 4.78 is 1.94. The fourth-order valence-electron chi connectivity index (χ4n) is 3.12. The second-order valence-electron chi connectivity index (χ2n) is 5.77. The summed E-state index contributed by atoms with van der Waals surface area (Å²) in [5, 5.41) is 12.1. The van der Waals surface area contributed by atoms with E-state index in [1.807, 2.05) is 4.68 Å². The molecule has 1 saturated heterocycles. The number of aromatic nitrogens is 4. The molecule has 1 aliphatic rings. The van der Waals surface area contributed by atoms with E-state index in [0.29, 0.717) is 6.04 Å². The van der Waals surface area contributed by atoms with E-state index in [2.05, 4.69) is 57.7 Å². The van der Waals surface area contributed by atoms with Gasteiger partial charge in [-0.25, -0.2) is 4.68 Å². The molecule has 0 amide bonds. The third-order valence-corrected chi connectivity index (χ3v) is 4.20. The van der Waals surface area contributed by atoms with Crippen LogP contribution in [-0.2, 0) is 19.5 Å². The Bertz CT molecular complexity index is 551. The third kappa shape index (κ3) is 3.47. The topological polar surface area (TPSA) is 46.8 Å². The highest BCUT2D eigenvalue weighted by Gasteiger charge is 2.26. The van der Waals surface area contributed by atoms with Gasteiger partial charge in [0.25, 0.3) is 0 Å². The predicted molar refractivity (Wildman–Crippen MR) is 81.7 cm³/mol. The van der Waals surface area contributed by atoms with Gasteiger partial charge in [-0.2, -0.15) is 0 Å². The Morgan fingerprint density at radius 2 is 2.10 bits per heavy atom. The molecule has 0 bridgehead atoms. The summed E-state index contributed by atoms with van der Waals surface area (Å²) in [5.74, 6) is 0.997. The molecule has 5 nitrogen and oxygen atoms in total. The SMILES string of the molecule is CCCn1nnnc1CN1CCCC1Cc1ccccc1. The highest BCUT2D eigenvalue weighted by molar-refractivity contribution is 5.16. The molecule has 0 saturated carbocycles. The fraction of sp³-hybridized carbons (Fsp3) is 0.562. The molecule has 5 heteroatoms. The lowest BCUT2D eigenvalue weighted by molar-refractivity contribution is 0.233. The van der Waals surface area contributed by atoms with Gasteiger partial charge in [0.1, 0.15) is 0 Å². The normalized spacial score (nSPS) is 19.2. The lowest BCUT2D eigenvalue weighted by Crippen LogP contribution is -2.32. The molecular weight excluding hydrogens is 262 g/mol. The van der Waals surface area contributed by atoms with Crippen LogP contribution in [0.25, 0.3) is 0 Å². The summed E-state index contributed by atoms with van der Waals surface area (Å²) in [6.07, 6.45) is 4.72. The molecule has 1 fully saturated rings. The molecule has 1 aromatic carbocycles. The Labute approximate surface area is 126 Å². The minimum absolute atomic E-state index is 0.610. The van der Waals surface area contributed by atoms with Crippen LogP contribution in [0.3, 0.4) is 0 Å². The number of tetrazole rings is 1. The molecule has 3 rings (SSSR count). The molecule has 112 valence electrons. The van der Waals surface area contributed by atoms with Gasteiger partial charge in [-0.15, -0.1) is 5.10 Å². The first-order valence-electron chi connectivity index (χ1n) is 7.90. The van der Waals surface area contributed by atoms with Gasteiger partial charge < -0.3 is 0 Å². The summed E-state index contributed by atoms with van der Waals surface area (Å²) in [5.41, 5.74) is 1.42. The zero-order chi connectivity index (χ0) is 14.5. The van der Waals surface area contributed by atoms with Crippen molar-refractivity contribution in [2.24, 2.45) is 0 Å². The van der Waals surface area contributed by atoms with E-state index in [1.165, 1.54) is 18.4 Å². The quantitative estimate of drug-likeness (QED) is 0.817. The Balaban J connectivity index is 1.65. The molecule has 2 heterocycles. The van der Waals surface area contributed by atoms with Crippen molar-refractivity contribution in [3.63, 3.8) is 0 Å². The van der Waals surface area contributed by atoms with E-state index in [1.54, 1.807) is 0 Å². The van der Waals surface area contributed by atoms with Crippen LogP contribution in [-0.4, -0.2) is 37.7 Å². The smallest absolute Gasteiger partial charge is 0.165 e. The Morgan fingerprint density at radius 3 is 2.90 bits per heavy atom. The minimum Gasteiger partial charge on any atom is -0.293 e. The molecule has 21 heavy (non-hydrogen) atoms. The van der Waals surface area contributed by atoms with Gasteiger partial charge in [0.15, 0.2) is 5.82 Å². The zero-order valence-corrected chi connectivity index (χ0v) is 12.6. The van der Waals surface area contributed by atoms with Crippen LogP contribution in [0.1, 0.15) is 37.6 Å². The van der Waals surface area contributed by atoms with Gasteiger partial charge in [-0.3, -0.25) is 4.90 Å². The first-order valence-corrected chi connectivity index (χ1v) is 7.90. The Hall–Kier alpha value is -1.75. The second-order valence-corrected chi connectivity index (χ2v) is 5.77. The van der Waals surface area contributed by atoms with Gasteiger partial charge in [0, 0.05) is 12.6 Å². The van der Waals surface area contributed by atoms with E-state index in [4.69, 9.17) is 0 Å². The van der Waals surface area contributed by atoms with E-state index >= 15 is 0 Å². The van der Waals surface area contributed by atoms with Crippen LogP contribution in [0.4, 0.5) is 0 Å². The molecule has 0 spiro atoms. The Kier molecular flexibility index (Phi) is 4.60. The van der Waals surface area contributed by atoms with Crippen molar-refractivity contribution in [3.8, 4) is 0 Å². The highest BCUT2D eigenvalue weighted by Crippen LogP contribution is 2.22. The third-order valence-electron chi connectivity index (χ3n) is 4.20. The van der Waals surface area contributed by atoms with Crippen molar-refractivity contribution >= 4 is 0 Å². The predicted octanol–water partition coefficient (Wildman–Crippen LogP) is 2.29. The van der Waals surface area contributed by atoms with Crippen LogP contribution < -0.4 is 0 Å². The molecular formula is C16H23N5. The molecule has 2 aromatic rings. The first kappa shape index (κ1) is 14.2. The van der Waals surface area contributed by atoms with Gasteiger partial charge in [-0.05, 0) is 48.2 Å². The fourth-order valence-corrected chi connectivity index (χ4v) is 3.12. The number of nitrogens with zero attached hydrogens (tertiary/aromatic N) is 5. The molecule has 0 N–H and O–H groups in total. The number of hydrogen-bond acceptors (Lipinski definition) is 4. The largest absolute Gasteiger partial charge is 0.293 e. The summed E-state index contributed by atoms with van der Waals surface area (Å²) in [4.78, 5) is 2.53.